The van der Waals surface area contributed by atoms with Crippen molar-refractivity contribution in [1.29, 1.82) is 0 Å². The van der Waals surface area contributed by atoms with Crippen molar-refractivity contribution in [3.05, 3.63) is 30.1 Å². The number of rotatable bonds is 6. The number of nitrogens with one attached hydrogen (secondary N) is 1. The Hall–Kier alpha value is -2.08. The molecule has 0 aliphatic heterocycles. The van der Waals surface area contributed by atoms with Crippen LogP contribution in [0, 0.1) is 11.8 Å². The number of aromatic nitrogens is 2. The molecule has 1 unspecified atom stereocenters. The molecule has 0 aliphatic rings. The van der Waals surface area contributed by atoms with Gasteiger partial charge in [0.1, 0.15) is 0 Å². The van der Waals surface area contributed by atoms with Gasteiger partial charge < -0.3 is 20.1 Å². The SMILES string of the molecule is CC(C)C(CO)Cn1cnc2cc(CNC(=O)O)ccc21. The number of benzene rings is 1. The summed E-state index contributed by atoms with van der Waals surface area (Å²) in [6.45, 7) is 5.32. The van der Waals surface area contributed by atoms with Crippen LogP contribution in [0.1, 0.15) is 19.4 Å². The van der Waals surface area contributed by atoms with E-state index in [0.717, 1.165) is 23.1 Å². The minimum absolute atomic E-state index is 0.151. The average molecular weight is 291 g/mol. The molecule has 1 atom stereocenters. The number of carbonyl (C=O) groups is 1. The van der Waals surface area contributed by atoms with E-state index in [2.05, 4.69) is 24.1 Å². The molecule has 1 amide bonds. The van der Waals surface area contributed by atoms with Crippen molar-refractivity contribution in [2.24, 2.45) is 11.8 Å². The van der Waals surface area contributed by atoms with Crippen molar-refractivity contribution < 1.29 is 15.0 Å². The van der Waals surface area contributed by atoms with Crippen molar-refractivity contribution in [3.8, 4) is 0 Å². The Morgan fingerprint density at radius 1 is 1.43 bits per heavy atom. The lowest BCUT2D eigenvalue weighted by Crippen LogP contribution is -2.20. The molecule has 6 nitrogen and oxygen atoms in total. The third-order valence-electron chi connectivity index (χ3n) is 3.74. The Balaban J connectivity index is 2.18. The fourth-order valence-electron chi connectivity index (χ4n) is 2.27. The maximum Gasteiger partial charge on any atom is 0.404 e. The van der Waals surface area contributed by atoms with Gasteiger partial charge in [-0.05, 0) is 23.6 Å². The molecule has 0 fully saturated rings. The second-order valence-corrected chi connectivity index (χ2v) is 5.57. The van der Waals surface area contributed by atoms with Gasteiger partial charge in [-0.2, -0.15) is 0 Å². The second-order valence-electron chi connectivity index (χ2n) is 5.57. The number of imidazole rings is 1. The highest BCUT2D eigenvalue weighted by Crippen LogP contribution is 2.19. The molecule has 0 aliphatic carbocycles. The molecule has 1 aromatic carbocycles. The van der Waals surface area contributed by atoms with Crippen LogP contribution < -0.4 is 5.32 Å². The predicted molar refractivity (Wildman–Crippen MR) is 80.0 cm³/mol. The summed E-state index contributed by atoms with van der Waals surface area (Å²) in [7, 11) is 0. The first-order valence-corrected chi connectivity index (χ1v) is 7.02. The van der Waals surface area contributed by atoms with Gasteiger partial charge in [-0.1, -0.05) is 19.9 Å². The summed E-state index contributed by atoms with van der Waals surface area (Å²) in [5, 5.41) is 20.4. The van der Waals surface area contributed by atoms with Gasteiger partial charge in [-0.15, -0.1) is 0 Å². The van der Waals surface area contributed by atoms with Crippen LogP contribution >= 0.6 is 0 Å². The zero-order valence-electron chi connectivity index (χ0n) is 12.3. The molecule has 0 bridgehead atoms. The number of hydrogen-bond acceptors (Lipinski definition) is 3. The van der Waals surface area contributed by atoms with Crippen LogP contribution in [-0.4, -0.2) is 32.5 Å². The van der Waals surface area contributed by atoms with Gasteiger partial charge in [0.25, 0.3) is 0 Å². The van der Waals surface area contributed by atoms with E-state index in [1.54, 1.807) is 6.33 Å². The maximum atomic E-state index is 10.5. The average Bonchev–Trinajstić information content (AvgIpc) is 2.84. The summed E-state index contributed by atoms with van der Waals surface area (Å²) in [4.78, 5) is 14.9. The van der Waals surface area contributed by atoms with Gasteiger partial charge in [-0.25, -0.2) is 9.78 Å². The highest BCUT2D eigenvalue weighted by Gasteiger charge is 2.14. The van der Waals surface area contributed by atoms with E-state index in [1.165, 1.54) is 0 Å². The molecule has 1 heterocycles. The van der Waals surface area contributed by atoms with E-state index >= 15 is 0 Å². The second kappa shape index (κ2) is 6.58. The van der Waals surface area contributed by atoms with Crippen LogP contribution in [0.15, 0.2) is 24.5 Å². The first-order chi connectivity index (χ1) is 10.0. The summed E-state index contributed by atoms with van der Waals surface area (Å²) in [6, 6.07) is 5.71. The lowest BCUT2D eigenvalue weighted by atomic mass is 9.97. The Kier molecular flexibility index (Phi) is 4.80. The molecular formula is C15H21N3O3. The van der Waals surface area contributed by atoms with Crippen molar-refractivity contribution in [1.82, 2.24) is 14.9 Å². The number of aliphatic hydroxyl groups excluding tert-OH is 1. The Labute approximate surface area is 123 Å². The molecule has 0 radical (unpaired) electrons. The largest absolute Gasteiger partial charge is 0.465 e. The molecule has 2 rings (SSSR count). The fraction of sp³-hybridized carbons (Fsp3) is 0.467. The Morgan fingerprint density at radius 2 is 2.19 bits per heavy atom. The summed E-state index contributed by atoms with van der Waals surface area (Å²) < 4.78 is 2.03. The van der Waals surface area contributed by atoms with Crippen LogP contribution in [-0.2, 0) is 13.1 Å². The quantitative estimate of drug-likeness (QED) is 0.760. The normalized spacial score (nSPS) is 12.8. The minimum atomic E-state index is -1.04. The van der Waals surface area contributed by atoms with Crippen molar-refractivity contribution in [2.75, 3.05) is 6.61 Å². The van der Waals surface area contributed by atoms with E-state index < -0.39 is 6.09 Å². The monoisotopic (exact) mass is 291 g/mol. The first kappa shape index (κ1) is 15.3. The molecule has 0 saturated heterocycles. The van der Waals surface area contributed by atoms with Gasteiger partial charge in [0.2, 0.25) is 0 Å². The van der Waals surface area contributed by atoms with Crippen molar-refractivity contribution in [3.63, 3.8) is 0 Å². The fourth-order valence-corrected chi connectivity index (χ4v) is 2.27. The summed E-state index contributed by atoms with van der Waals surface area (Å²) in [5.41, 5.74) is 2.70. The third-order valence-corrected chi connectivity index (χ3v) is 3.74. The number of hydrogen-bond donors (Lipinski definition) is 3. The number of amides is 1. The van der Waals surface area contributed by atoms with E-state index in [9.17, 15) is 9.90 Å². The van der Waals surface area contributed by atoms with E-state index in [0.29, 0.717) is 5.92 Å². The molecule has 3 N–H and O–H groups in total. The molecule has 1 aromatic heterocycles. The summed E-state index contributed by atoms with van der Waals surface area (Å²) in [5.74, 6) is 0.585. The standard InChI is InChI=1S/C15H21N3O3/c1-10(2)12(8-19)7-18-9-17-13-5-11(3-4-14(13)18)6-16-15(20)21/h3-5,9-10,12,16,19H,6-8H2,1-2H3,(H,20,21). The van der Waals surface area contributed by atoms with Crippen LogP contribution in [0.2, 0.25) is 0 Å². The molecule has 114 valence electrons. The zero-order chi connectivity index (χ0) is 15.4. The van der Waals surface area contributed by atoms with E-state index in [-0.39, 0.29) is 19.1 Å². The van der Waals surface area contributed by atoms with Crippen LogP contribution in [0.25, 0.3) is 11.0 Å². The van der Waals surface area contributed by atoms with E-state index in [1.807, 2.05) is 22.8 Å². The summed E-state index contributed by atoms with van der Waals surface area (Å²) >= 11 is 0. The first-order valence-electron chi connectivity index (χ1n) is 7.02. The molecule has 6 heteroatoms. The lowest BCUT2D eigenvalue weighted by molar-refractivity contribution is 0.174. The van der Waals surface area contributed by atoms with Gasteiger partial charge in [-0.3, -0.25) is 0 Å². The molecule has 0 spiro atoms. The minimum Gasteiger partial charge on any atom is -0.465 e. The zero-order valence-corrected chi connectivity index (χ0v) is 12.3. The topological polar surface area (TPSA) is 87.4 Å². The van der Waals surface area contributed by atoms with Gasteiger partial charge in [0, 0.05) is 25.6 Å². The third kappa shape index (κ3) is 3.72. The number of carboxylic acid groups (broad SMARTS) is 1. The Bertz CT molecular complexity index is 622. The van der Waals surface area contributed by atoms with Crippen LogP contribution in [0.4, 0.5) is 4.79 Å². The number of nitrogens with zero attached hydrogens (tertiary/aromatic N) is 2. The molecule has 0 saturated carbocycles. The molecule has 21 heavy (non-hydrogen) atoms. The van der Waals surface area contributed by atoms with Crippen LogP contribution in [0.3, 0.4) is 0 Å². The van der Waals surface area contributed by atoms with Crippen LogP contribution in [0.5, 0.6) is 0 Å². The smallest absolute Gasteiger partial charge is 0.404 e. The number of aliphatic hydroxyl groups is 1. The van der Waals surface area contributed by atoms with Crippen molar-refractivity contribution in [2.45, 2.75) is 26.9 Å². The Morgan fingerprint density at radius 3 is 2.81 bits per heavy atom. The highest BCUT2D eigenvalue weighted by molar-refractivity contribution is 5.76. The predicted octanol–water partition coefficient (Wildman–Crippen LogP) is 2.07. The number of fused-ring (bicyclic) bond motifs is 1. The molecular weight excluding hydrogens is 270 g/mol. The summed E-state index contributed by atoms with van der Waals surface area (Å²) in [6.07, 6.45) is 0.729. The molecule has 2 aromatic rings. The van der Waals surface area contributed by atoms with Crippen molar-refractivity contribution >= 4 is 17.1 Å². The van der Waals surface area contributed by atoms with E-state index in [4.69, 9.17) is 5.11 Å². The van der Waals surface area contributed by atoms with Gasteiger partial charge in [0.05, 0.1) is 17.4 Å². The maximum absolute atomic E-state index is 10.5. The van der Waals surface area contributed by atoms with Gasteiger partial charge >= 0.3 is 6.09 Å². The lowest BCUT2D eigenvalue weighted by Gasteiger charge is -2.19. The highest BCUT2D eigenvalue weighted by atomic mass is 16.4. The van der Waals surface area contributed by atoms with Gasteiger partial charge in [0.15, 0.2) is 0 Å².